The third-order valence-electron chi connectivity index (χ3n) is 1.42. The van der Waals surface area contributed by atoms with E-state index < -0.39 is 0 Å². The maximum absolute atomic E-state index is 4.17. The molecule has 2 aliphatic heterocycles. The van der Waals surface area contributed by atoms with Crippen molar-refractivity contribution in [2.75, 3.05) is 0 Å². The third kappa shape index (κ3) is 0.832. The number of hydrazine groups is 2. The van der Waals surface area contributed by atoms with E-state index in [1.165, 1.54) is 0 Å². The molecular weight excluding hydrogens is 128 g/mol. The maximum atomic E-state index is 4.17. The number of fused-ring (bicyclic) bond motifs is 1. The molecule has 0 aliphatic carbocycles. The van der Waals surface area contributed by atoms with E-state index in [1.807, 2.05) is 18.2 Å². The van der Waals surface area contributed by atoms with Crippen molar-refractivity contribution in [3.8, 4) is 0 Å². The SMILES string of the molecule is C1=CC=C2NNNC2N=C1. The van der Waals surface area contributed by atoms with Crippen LogP contribution in [0.4, 0.5) is 0 Å². The van der Waals surface area contributed by atoms with Gasteiger partial charge in [0, 0.05) is 6.21 Å². The summed E-state index contributed by atoms with van der Waals surface area (Å²) in [5.74, 6) is 0. The zero-order valence-corrected chi connectivity index (χ0v) is 5.33. The summed E-state index contributed by atoms with van der Waals surface area (Å²) < 4.78 is 0. The van der Waals surface area contributed by atoms with Gasteiger partial charge in [-0.1, -0.05) is 6.08 Å². The summed E-state index contributed by atoms with van der Waals surface area (Å²) in [6.45, 7) is 0. The van der Waals surface area contributed by atoms with Gasteiger partial charge < -0.3 is 5.43 Å². The lowest BCUT2D eigenvalue weighted by Gasteiger charge is -1.99. The summed E-state index contributed by atoms with van der Waals surface area (Å²) in [5.41, 5.74) is 9.69. The molecule has 1 fully saturated rings. The Hall–Kier alpha value is -1.13. The summed E-state index contributed by atoms with van der Waals surface area (Å²) in [6.07, 6.45) is 7.64. The van der Waals surface area contributed by atoms with Gasteiger partial charge in [0.2, 0.25) is 0 Å². The largest absolute Gasteiger partial charge is 0.309 e. The molecule has 2 rings (SSSR count). The molecule has 1 unspecified atom stereocenters. The van der Waals surface area contributed by atoms with Gasteiger partial charge in [0.15, 0.2) is 6.17 Å². The molecule has 1 saturated heterocycles. The van der Waals surface area contributed by atoms with Crippen molar-refractivity contribution in [1.82, 2.24) is 16.4 Å². The van der Waals surface area contributed by atoms with Crippen LogP contribution < -0.4 is 16.4 Å². The Morgan fingerprint density at radius 2 is 2.40 bits per heavy atom. The second kappa shape index (κ2) is 2.24. The van der Waals surface area contributed by atoms with Crippen molar-refractivity contribution in [3.05, 3.63) is 23.9 Å². The Morgan fingerprint density at radius 3 is 3.40 bits per heavy atom. The molecule has 0 radical (unpaired) electrons. The fraction of sp³-hybridized carbons (Fsp3) is 0.167. The molecule has 0 aromatic rings. The molecule has 1 atom stereocenters. The Morgan fingerprint density at radius 1 is 1.40 bits per heavy atom. The van der Waals surface area contributed by atoms with Crippen LogP contribution in [0.1, 0.15) is 0 Å². The topological polar surface area (TPSA) is 48.4 Å². The number of nitrogens with zero attached hydrogens (tertiary/aromatic N) is 1. The van der Waals surface area contributed by atoms with Gasteiger partial charge >= 0.3 is 0 Å². The van der Waals surface area contributed by atoms with Crippen molar-refractivity contribution >= 4 is 6.21 Å². The second-order valence-electron chi connectivity index (χ2n) is 2.10. The average Bonchev–Trinajstić information content (AvgIpc) is 2.28. The molecule has 0 bridgehead atoms. The smallest absolute Gasteiger partial charge is 0.155 e. The molecule has 10 heavy (non-hydrogen) atoms. The molecule has 52 valence electrons. The number of rotatable bonds is 0. The van der Waals surface area contributed by atoms with E-state index in [1.54, 1.807) is 6.21 Å². The van der Waals surface area contributed by atoms with Crippen molar-refractivity contribution in [2.24, 2.45) is 4.99 Å². The Bertz CT molecular complexity index is 216. The van der Waals surface area contributed by atoms with Gasteiger partial charge in [0.1, 0.15) is 0 Å². The van der Waals surface area contributed by atoms with Crippen LogP contribution in [0.3, 0.4) is 0 Å². The molecule has 0 amide bonds. The predicted molar refractivity (Wildman–Crippen MR) is 38.9 cm³/mol. The molecule has 0 aromatic heterocycles. The molecule has 4 heteroatoms. The van der Waals surface area contributed by atoms with Gasteiger partial charge in [0.25, 0.3) is 0 Å². The summed E-state index contributed by atoms with van der Waals surface area (Å²) in [4.78, 5) is 4.17. The molecule has 2 heterocycles. The van der Waals surface area contributed by atoms with E-state index in [-0.39, 0.29) is 6.17 Å². The highest BCUT2D eigenvalue weighted by molar-refractivity contribution is 5.72. The van der Waals surface area contributed by atoms with Crippen LogP contribution in [0.5, 0.6) is 0 Å². The number of hydrogen-bond acceptors (Lipinski definition) is 4. The minimum Gasteiger partial charge on any atom is -0.309 e. The van der Waals surface area contributed by atoms with Crippen LogP contribution >= 0.6 is 0 Å². The standard InChI is InChI=1S/C6H8N4/c1-2-4-7-6-5(3-1)8-10-9-6/h1-4,6,8-10H. The van der Waals surface area contributed by atoms with Crippen LogP contribution in [0.2, 0.25) is 0 Å². The monoisotopic (exact) mass is 136 g/mol. The predicted octanol–water partition coefficient (Wildman–Crippen LogP) is -0.551. The number of allylic oxidation sites excluding steroid dienone is 3. The first-order valence-corrected chi connectivity index (χ1v) is 3.13. The van der Waals surface area contributed by atoms with Crippen LogP contribution in [-0.2, 0) is 0 Å². The van der Waals surface area contributed by atoms with E-state index >= 15 is 0 Å². The van der Waals surface area contributed by atoms with Gasteiger partial charge in [-0.05, 0) is 12.2 Å². The van der Waals surface area contributed by atoms with Crippen molar-refractivity contribution < 1.29 is 0 Å². The quantitative estimate of drug-likeness (QED) is 0.419. The van der Waals surface area contributed by atoms with Gasteiger partial charge in [-0.3, -0.25) is 4.99 Å². The lowest BCUT2D eigenvalue weighted by Crippen LogP contribution is -2.32. The first kappa shape index (κ1) is 5.64. The van der Waals surface area contributed by atoms with Crippen LogP contribution in [0.25, 0.3) is 0 Å². The molecule has 0 spiro atoms. The zero-order chi connectivity index (χ0) is 6.81. The van der Waals surface area contributed by atoms with Crippen molar-refractivity contribution in [2.45, 2.75) is 6.17 Å². The van der Waals surface area contributed by atoms with Crippen LogP contribution in [-0.4, -0.2) is 12.4 Å². The van der Waals surface area contributed by atoms with Crippen molar-refractivity contribution in [3.63, 3.8) is 0 Å². The Balaban J connectivity index is 2.29. The van der Waals surface area contributed by atoms with E-state index in [0.717, 1.165) is 5.70 Å². The first-order chi connectivity index (χ1) is 4.97. The summed E-state index contributed by atoms with van der Waals surface area (Å²) in [7, 11) is 0. The van der Waals surface area contributed by atoms with E-state index in [4.69, 9.17) is 0 Å². The van der Waals surface area contributed by atoms with Crippen LogP contribution in [0, 0.1) is 0 Å². The normalized spacial score (nSPS) is 28.8. The minimum absolute atomic E-state index is 0.0509. The second-order valence-corrected chi connectivity index (χ2v) is 2.10. The van der Waals surface area contributed by atoms with Crippen molar-refractivity contribution in [1.29, 1.82) is 0 Å². The highest BCUT2D eigenvalue weighted by Gasteiger charge is 2.16. The highest BCUT2D eigenvalue weighted by Crippen LogP contribution is 2.04. The molecule has 3 N–H and O–H groups in total. The lowest BCUT2D eigenvalue weighted by molar-refractivity contribution is 0.554. The van der Waals surface area contributed by atoms with E-state index in [2.05, 4.69) is 21.4 Å². The molecule has 0 aromatic carbocycles. The molecule has 0 saturated carbocycles. The summed E-state index contributed by atoms with van der Waals surface area (Å²) in [5, 5.41) is 0. The molecular formula is C6H8N4. The number of nitrogens with one attached hydrogen (secondary N) is 3. The fourth-order valence-electron chi connectivity index (χ4n) is 0.918. The summed E-state index contributed by atoms with van der Waals surface area (Å²) in [6, 6.07) is 0. The number of hydrogen-bond donors (Lipinski definition) is 3. The summed E-state index contributed by atoms with van der Waals surface area (Å²) >= 11 is 0. The van der Waals surface area contributed by atoms with Gasteiger partial charge in [-0.15, -0.1) is 0 Å². The Labute approximate surface area is 58.7 Å². The molecule has 2 aliphatic rings. The third-order valence-corrected chi connectivity index (χ3v) is 1.42. The zero-order valence-electron chi connectivity index (χ0n) is 5.33. The van der Waals surface area contributed by atoms with E-state index in [9.17, 15) is 0 Å². The van der Waals surface area contributed by atoms with Crippen LogP contribution in [0.15, 0.2) is 28.9 Å². The van der Waals surface area contributed by atoms with Gasteiger partial charge in [-0.2, -0.15) is 5.53 Å². The highest BCUT2D eigenvalue weighted by atomic mass is 15.7. The number of aliphatic imine (C=N–C) groups is 1. The van der Waals surface area contributed by atoms with E-state index in [0.29, 0.717) is 0 Å². The first-order valence-electron chi connectivity index (χ1n) is 3.13. The minimum atomic E-state index is 0.0509. The van der Waals surface area contributed by atoms with Gasteiger partial charge in [-0.25, -0.2) is 5.43 Å². The average molecular weight is 136 g/mol. The molecule has 4 nitrogen and oxygen atoms in total. The maximum Gasteiger partial charge on any atom is 0.155 e. The fourth-order valence-corrected chi connectivity index (χ4v) is 0.918. The Kier molecular flexibility index (Phi) is 1.26. The van der Waals surface area contributed by atoms with Gasteiger partial charge in [0.05, 0.1) is 5.70 Å². The lowest BCUT2D eigenvalue weighted by atomic mass is 10.3.